The second-order valence-corrected chi connectivity index (χ2v) is 18.5. The fraction of sp³-hybridized carbons (Fsp3) is 0.373. The molecule has 8 atom stereocenters. The number of nitrogens with one attached hydrogen (secondary N) is 11. The van der Waals surface area contributed by atoms with Crippen molar-refractivity contribution < 1.29 is 43.5 Å². The normalized spacial score (nSPS) is 24.0. The largest absolute Gasteiger partial charge is 0.394 e. The van der Waals surface area contributed by atoms with Crippen LogP contribution in [0.15, 0.2) is 91.4 Å². The van der Waals surface area contributed by atoms with Crippen molar-refractivity contribution >= 4 is 80.0 Å². The predicted octanol–water partition coefficient (Wildman–Crippen LogP) is 1.15. The second kappa shape index (κ2) is 22.6. The molecule has 1 aliphatic rings. The maximum atomic E-state index is 14.3. The van der Waals surface area contributed by atoms with E-state index in [9.17, 15) is 43.5 Å². The second-order valence-electron chi connectivity index (χ2n) is 18.5. The van der Waals surface area contributed by atoms with E-state index < -0.39 is 102 Å². The Morgan fingerprint density at radius 1 is 0.394 bits per heavy atom. The Morgan fingerprint density at radius 2 is 0.676 bits per heavy atom. The van der Waals surface area contributed by atoms with E-state index in [-0.39, 0.29) is 31.6 Å². The number of aliphatic hydroxyl groups excluding tert-OH is 1. The van der Waals surface area contributed by atoms with Crippen LogP contribution in [0.1, 0.15) is 57.7 Å². The Bertz CT molecular complexity index is 2940. The minimum atomic E-state index is -1.58. The van der Waals surface area contributed by atoms with Gasteiger partial charge in [-0.2, -0.15) is 0 Å². The third-order valence-electron chi connectivity index (χ3n) is 12.6. The summed E-state index contributed by atoms with van der Waals surface area (Å²) in [6.07, 6.45) is 5.05. The summed E-state index contributed by atoms with van der Waals surface area (Å²) in [5.74, 6) is -6.50. The Labute approximate surface area is 409 Å². The number of amides is 8. The summed E-state index contributed by atoms with van der Waals surface area (Å²) in [4.78, 5) is 122. The molecule has 1 fully saturated rings. The van der Waals surface area contributed by atoms with E-state index in [1.165, 1.54) is 20.8 Å². The molecule has 1 aliphatic heterocycles. The summed E-state index contributed by atoms with van der Waals surface area (Å²) in [7, 11) is 0. The first-order chi connectivity index (χ1) is 34.0. The molecule has 0 spiro atoms. The van der Waals surface area contributed by atoms with Crippen molar-refractivity contribution in [2.24, 2.45) is 5.92 Å². The zero-order valence-corrected chi connectivity index (χ0v) is 40.1. The first kappa shape index (κ1) is 50.9. The van der Waals surface area contributed by atoms with Gasteiger partial charge in [0.2, 0.25) is 47.3 Å². The van der Waals surface area contributed by atoms with Gasteiger partial charge in [0.05, 0.1) is 6.61 Å². The summed E-state index contributed by atoms with van der Waals surface area (Å²) in [5.41, 5.74) is 4.33. The zero-order valence-electron chi connectivity index (χ0n) is 40.1. The highest BCUT2D eigenvalue weighted by Crippen LogP contribution is 2.22. The molecule has 374 valence electrons. The third-order valence-corrected chi connectivity index (χ3v) is 12.6. The number of carbonyl (C=O) groups is 8. The maximum absolute atomic E-state index is 14.3. The number of carbonyl (C=O) groups excluding carboxylic acids is 8. The monoisotopic (exact) mass is 971 g/mol. The van der Waals surface area contributed by atoms with Gasteiger partial charge in [-0.15, -0.1) is 0 Å². The Hall–Kier alpha value is -8.00. The van der Waals surface area contributed by atoms with Gasteiger partial charge in [0.25, 0.3) is 0 Å². The van der Waals surface area contributed by atoms with Crippen LogP contribution < -0.4 is 42.5 Å². The van der Waals surface area contributed by atoms with Crippen LogP contribution in [0, 0.1) is 5.92 Å². The molecule has 6 aromatic rings. The zero-order chi connectivity index (χ0) is 50.9. The van der Waals surface area contributed by atoms with Crippen LogP contribution in [0.25, 0.3) is 32.7 Å². The third kappa shape index (κ3) is 12.4. The van der Waals surface area contributed by atoms with E-state index in [2.05, 4.69) is 57.5 Å². The molecule has 0 saturated carbocycles. The summed E-state index contributed by atoms with van der Waals surface area (Å²) >= 11 is 0. The van der Waals surface area contributed by atoms with E-state index >= 15 is 0 Å². The highest BCUT2D eigenvalue weighted by atomic mass is 16.3. The van der Waals surface area contributed by atoms with Gasteiger partial charge in [0.1, 0.15) is 48.3 Å². The molecule has 0 radical (unpaired) electrons. The summed E-state index contributed by atoms with van der Waals surface area (Å²) < 4.78 is 0. The van der Waals surface area contributed by atoms with Crippen LogP contribution in [0.2, 0.25) is 0 Å². The van der Waals surface area contributed by atoms with Gasteiger partial charge in [0.15, 0.2) is 0 Å². The lowest BCUT2D eigenvalue weighted by Crippen LogP contribution is -2.61. The lowest BCUT2D eigenvalue weighted by molar-refractivity contribution is -0.136. The van der Waals surface area contributed by atoms with Crippen molar-refractivity contribution in [3.05, 3.63) is 108 Å². The average molecular weight is 972 g/mol. The van der Waals surface area contributed by atoms with Crippen molar-refractivity contribution in [1.82, 2.24) is 57.5 Å². The van der Waals surface area contributed by atoms with E-state index in [0.29, 0.717) is 16.7 Å². The molecule has 8 amide bonds. The van der Waals surface area contributed by atoms with Crippen molar-refractivity contribution in [2.75, 3.05) is 6.61 Å². The number of hydrogen-bond acceptors (Lipinski definition) is 9. The summed E-state index contributed by atoms with van der Waals surface area (Å²) in [6, 6.07) is 11.5. The van der Waals surface area contributed by atoms with Gasteiger partial charge >= 0.3 is 0 Å². The molecule has 7 rings (SSSR count). The molecule has 0 bridgehead atoms. The van der Waals surface area contributed by atoms with Gasteiger partial charge in [-0.1, -0.05) is 68.4 Å². The summed E-state index contributed by atoms with van der Waals surface area (Å²) in [5, 5.41) is 34.0. The van der Waals surface area contributed by atoms with Crippen LogP contribution >= 0.6 is 0 Å². The van der Waals surface area contributed by atoms with Crippen LogP contribution in [0.4, 0.5) is 0 Å². The first-order valence-corrected chi connectivity index (χ1v) is 23.7. The predicted molar refractivity (Wildman–Crippen MR) is 265 cm³/mol. The molecule has 3 aromatic heterocycles. The van der Waals surface area contributed by atoms with E-state index in [1.54, 1.807) is 18.6 Å². The molecule has 1 saturated heterocycles. The molecule has 20 nitrogen and oxygen atoms in total. The number of aliphatic hydroxyl groups is 1. The molecule has 20 heteroatoms. The fourth-order valence-corrected chi connectivity index (χ4v) is 8.66. The molecule has 4 heterocycles. The van der Waals surface area contributed by atoms with Gasteiger partial charge in [-0.05, 0) is 68.0 Å². The molecule has 0 unspecified atom stereocenters. The van der Waals surface area contributed by atoms with Crippen molar-refractivity contribution in [3.63, 3.8) is 0 Å². The number of H-pyrrole nitrogens is 3. The van der Waals surface area contributed by atoms with Gasteiger partial charge in [0, 0.05) is 70.6 Å². The maximum Gasteiger partial charge on any atom is 0.245 e. The lowest BCUT2D eigenvalue weighted by Gasteiger charge is -2.28. The number of aromatic nitrogens is 3. The quantitative estimate of drug-likeness (QED) is 0.0988. The number of rotatable bonds is 9. The first-order valence-electron chi connectivity index (χ1n) is 23.7. The number of para-hydroxylation sites is 3. The van der Waals surface area contributed by atoms with Crippen LogP contribution in [0.3, 0.4) is 0 Å². The Balaban J connectivity index is 1.22. The number of benzene rings is 3. The SMILES string of the molecule is CC(C)C[C@H]1NC(=O)[C@H](CO)NC(=O)[C@@H](C)NC(=O)[C@H](Cc2c[nH]c3ccccc23)NC(=O)[C@@H](C)NC(=O)[C@H](Cc2c[nH]c3ccccc23)NC(=O)[C@@H](C)NC(=O)[C@H](Cc2c[nH]c3ccccc23)NC1=O. The molecule has 3 aromatic carbocycles. The highest BCUT2D eigenvalue weighted by molar-refractivity contribution is 6.00. The lowest BCUT2D eigenvalue weighted by atomic mass is 10.00. The average Bonchev–Trinajstić information content (AvgIpc) is 4.08. The van der Waals surface area contributed by atoms with E-state index in [4.69, 9.17) is 0 Å². The summed E-state index contributed by atoms with van der Waals surface area (Å²) in [6.45, 7) is 6.94. The topological polar surface area (TPSA) is 300 Å². The van der Waals surface area contributed by atoms with Crippen molar-refractivity contribution in [2.45, 2.75) is 109 Å². The van der Waals surface area contributed by atoms with Crippen LogP contribution in [-0.4, -0.2) is 122 Å². The number of hydrogen-bond donors (Lipinski definition) is 12. The van der Waals surface area contributed by atoms with Gasteiger partial charge < -0.3 is 62.6 Å². The van der Waals surface area contributed by atoms with Crippen LogP contribution in [-0.2, 0) is 57.6 Å². The number of fused-ring (bicyclic) bond motifs is 3. The molecule has 0 aliphatic carbocycles. The molecule has 12 N–H and O–H groups in total. The molecular weight excluding hydrogens is 911 g/mol. The fourth-order valence-electron chi connectivity index (χ4n) is 8.66. The van der Waals surface area contributed by atoms with Crippen LogP contribution in [0.5, 0.6) is 0 Å². The Kier molecular flexibility index (Phi) is 16.2. The molecular formula is C51H61N11O9. The van der Waals surface area contributed by atoms with E-state index in [1.807, 2.05) is 86.6 Å². The van der Waals surface area contributed by atoms with Crippen molar-refractivity contribution in [3.8, 4) is 0 Å². The van der Waals surface area contributed by atoms with Gasteiger partial charge in [-0.3, -0.25) is 38.4 Å². The standard InChI is InChI=1S/C51H61N11O9/c1-26(2)18-39-50(70)61-42(21-32-24-54-38-17-11-8-14-35(32)38)49(69)56-28(4)45(65)58-40(19-30-22-52-36-15-9-6-12-33(30)36)47(67)55-27(3)44(64)59-41(20-31-23-53-37-16-10-7-13-34(31)37)48(68)57-29(5)46(66)62-43(25-63)51(71)60-39/h6-17,22-24,26-29,39-43,52-54,63H,18-21,25H2,1-5H3,(H,55,67)(H,56,69)(H,57,68)(H,58,65)(H,59,64)(H,60,71)(H,61,70)(H,62,66)/t27-,28-,29-,39-,40+,41+,42+,43+/m1/s1. The minimum absolute atomic E-state index is 0.0402. The van der Waals surface area contributed by atoms with Crippen molar-refractivity contribution in [1.29, 1.82) is 0 Å². The van der Waals surface area contributed by atoms with E-state index in [0.717, 1.165) is 32.7 Å². The van der Waals surface area contributed by atoms with Gasteiger partial charge in [-0.25, -0.2) is 0 Å². The minimum Gasteiger partial charge on any atom is -0.394 e. The number of aromatic amines is 3. The molecule has 71 heavy (non-hydrogen) atoms. The Morgan fingerprint density at radius 3 is 1.01 bits per heavy atom. The highest BCUT2D eigenvalue weighted by Gasteiger charge is 2.35. The smallest absolute Gasteiger partial charge is 0.245 e.